The van der Waals surface area contributed by atoms with Gasteiger partial charge in [0.1, 0.15) is 30.3 Å². The normalized spacial score (nSPS) is 20.3. The van der Waals surface area contributed by atoms with Crippen LogP contribution < -0.4 is 14.8 Å². The van der Waals surface area contributed by atoms with Gasteiger partial charge in [0.2, 0.25) is 0 Å². The molecule has 2 N–H and O–H groups in total. The minimum Gasteiger partial charge on any atom is -0.492 e. The maximum Gasteiger partial charge on any atom is 0.138 e. The zero-order valence-electron chi connectivity index (χ0n) is 19.8. The average molecular weight is 427 g/mol. The van der Waals surface area contributed by atoms with Crippen molar-refractivity contribution in [1.82, 2.24) is 10.2 Å². The smallest absolute Gasteiger partial charge is 0.138 e. The highest BCUT2D eigenvalue weighted by molar-refractivity contribution is 5.40. The summed E-state index contributed by atoms with van der Waals surface area (Å²) in [6.45, 7) is 15.5. The fourth-order valence-electron chi connectivity index (χ4n) is 4.10. The van der Waals surface area contributed by atoms with Gasteiger partial charge >= 0.3 is 0 Å². The third kappa shape index (κ3) is 6.70. The van der Waals surface area contributed by atoms with E-state index < -0.39 is 6.10 Å². The summed E-state index contributed by atoms with van der Waals surface area (Å²) in [5, 5.41) is 14.0. The standard InChI is InChI=1S/C26H38N2O3/c1-17(2)27-20(5)16-30-23-9-7-22(8-10-23)13-28-14-25(29)26(15-28)31-24-11-18(3)21(6)19(4)12-24/h7-12,17,20,25-27,29H,13-16H2,1-6H3/t20-,25-,26-/m0/s1. The second-order valence-electron chi connectivity index (χ2n) is 9.28. The first-order valence-electron chi connectivity index (χ1n) is 11.3. The zero-order chi connectivity index (χ0) is 22.5. The van der Waals surface area contributed by atoms with Crippen molar-refractivity contribution in [1.29, 1.82) is 0 Å². The van der Waals surface area contributed by atoms with Crippen LogP contribution in [0.15, 0.2) is 36.4 Å². The second kappa shape index (κ2) is 10.5. The molecule has 0 spiro atoms. The monoisotopic (exact) mass is 426 g/mol. The van der Waals surface area contributed by atoms with Gasteiger partial charge in [-0.3, -0.25) is 4.90 Å². The van der Waals surface area contributed by atoms with E-state index in [0.717, 1.165) is 18.0 Å². The van der Waals surface area contributed by atoms with E-state index >= 15 is 0 Å². The summed E-state index contributed by atoms with van der Waals surface area (Å²) in [6.07, 6.45) is -0.696. The van der Waals surface area contributed by atoms with Gasteiger partial charge in [0.25, 0.3) is 0 Å². The van der Waals surface area contributed by atoms with Gasteiger partial charge in [0.05, 0.1) is 0 Å². The zero-order valence-corrected chi connectivity index (χ0v) is 19.8. The molecule has 2 aromatic rings. The Labute approximate surface area is 187 Å². The van der Waals surface area contributed by atoms with E-state index in [1.165, 1.54) is 22.3 Å². The molecular weight excluding hydrogens is 388 g/mol. The molecule has 1 aliphatic rings. The molecule has 1 saturated heterocycles. The van der Waals surface area contributed by atoms with Crippen LogP contribution >= 0.6 is 0 Å². The van der Waals surface area contributed by atoms with Crippen LogP contribution in [0.5, 0.6) is 11.5 Å². The van der Waals surface area contributed by atoms with Crippen molar-refractivity contribution in [3.8, 4) is 11.5 Å². The highest BCUT2D eigenvalue weighted by Crippen LogP contribution is 2.25. The van der Waals surface area contributed by atoms with Gasteiger partial charge in [-0.25, -0.2) is 0 Å². The minimum absolute atomic E-state index is 0.209. The number of hydrogen-bond donors (Lipinski definition) is 2. The highest BCUT2D eigenvalue weighted by atomic mass is 16.5. The Kier molecular flexibility index (Phi) is 7.98. The Balaban J connectivity index is 1.51. The Bertz CT molecular complexity index is 827. The van der Waals surface area contributed by atoms with Crippen LogP contribution in [0.25, 0.3) is 0 Å². The first-order valence-corrected chi connectivity index (χ1v) is 11.3. The summed E-state index contributed by atoms with van der Waals surface area (Å²) in [4.78, 5) is 2.24. The molecule has 1 aliphatic heterocycles. The van der Waals surface area contributed by atoms with E-state index in [0.29, 0.717) is 31.8 Å². The van der Waals surface area contributed by atoms with Gasteiger partial charge in [-0.2, -0.15) is 0 Å². The summed E-state index contributed by atoms with van der Waals surface area (Å²) < 4.78 is 12.0. The maximum absolute atomic E-state index is 10.5. The van der Waals surface area contributed by atoms with Crippen LogP contribution in [0.4, 0.5) is 0 Å². The molecule has 0 saturated carbocycles. The molecule has 170 valence electrons. The number of nitrogens with zero attached hydrogens (tertiary/aromatic N) is 1. The maximum atomic E-state index is 10.5. The molecule has 0 unspecified atom stereocenters. The van der Waals surface area contributed by atoms with Gasteiger partial charge in [-0.05, 0) is 74.2 Å². The Morgan fingerprint density at radius 2 is 1.65 bits per heavy atom. The van der Waals surface area contributed by atoms with E-state index in [1.54, 1.807) is 0 Å². The van der Waals surface area contributed by atoms with E-state index in [1.807, 2.05) is 12.1 Å². The molecule has 1 heterocycles. The van der Waals surface area contributed by atoms with Gasteiger partial charge in [-0.15, -0.1) is 0 Å². The lowest BCUT2D eigenvalue weighted by molar-refractivity contribution is 0.0736. The fourth-order valence-corrected chi connectivity index (χ4v) is 4.10. The third-order valence-corrected chi connectivity index (χ3v) is 5.95. The number of rotatable bonds is 9. The molecule has 31 heavy (non-hydrogen) atoms. The first kappa shape index (κ1) is 23.6. The van der Waals surface area contributed by atoms with Crippen molar-refractivity contribution in [3.05, 3.63) is 58.7 Å². The molecular formula is C26H38N2O3. The van der Waals surface area contributed by atoms with Crippen LogP contribution in [0, 0.1) is 20.8 Å². The lowest BCUT2D eigenvalue weighted by Gasteiger charge is -2.19. The van der Waals surface area contributed by atoms with E-state index in [4.69, 9.17) is 9.47 Å². The number of hydrogen-bond acceptors (Lipinski definition) is 5. The Hall–Kier alpha value is -2.08. The Morgan fingerprint density at radius 1 is 1.00 bits per heavy atom. The summed E-state index contributed by atoms with van der Waals surface area (Å²) in [7, 11) is 0. The molecule has 1 fully saturated rings. The number of nitrogens with one attached hydrogen (secondary N) is 1. The largest absolute Gasteiger partial charge is 0.492 e. The summed E-state index contributed by atoms with van der Waals surface area (Å²) in [5.74, 6) is 1.73. The molecule has 2 aromatic carbocycles. The predicted molar refractivity (Wildman–Crippen MR) is 126 cm³/mol. The molecule has 5 heteroatoms. The van der Waals surface area contributed by atoms with Gasteiger partial charge in [0, 0.05) is 31.7 Å². The fraction of sp³-hybridized carbons (Fsp3) is 0.538. The average Bonchev–Trinajstić information content (AvgIpc) is 3.03. The van der Waals surface area contributed by atoms with Crippen molar-refractivity contribution in [2.24, 2.45) is 0 Å². The van der Waals surface area contributed by atoms with E-state index in [9.17, 15) is 5.11 Å². The van der Waals surface area contributed by atoms with E-state index in [2.05, 4.69) is 76.0 Å². The molecule has 3 atom stereocenters. The number of ether oxygens (including phenoxy) is 2. The van der Waals surface area contributed by atoms with Crippen LogP contribution in [-0.4, -0.2) is 54.0 Å². The molecule has 0 aliphatic carbocycles. The number of aliphatic hydroxyl groups is 1. The number of β-amino-alcohol motifs (C(OH)–C–C–N with tert-alkyl or cyclic N) is 1. The number of benzene rings is 2. The second-order valence-corrected chi connectivity index (χ2v) is 9.28. The topological polar surface area (TPSA) is 54.0 Å². The van der Waals surface area contributed by atoms with Crippen molar-refractivity contribution in [2.45, 2.75) is 72.4 Å². The van der Waals surface area contributed by atoms with Crippen molar-refractivity contribution in [3.63, 3.8) is 0 Å². The van der Waals surface area contributed by atoms with Crippen LogP contribution in [-0.2, 0) is 6.54 Å². The van der Waals surface area contributed by atoms with Crippen LogP contribution in [0.1, 0.15) is 43.0 Å². The molecule has 5 nitrogen and oxygen atoms in total. The SMILES string of the molecule is Cc1cc(O[C@H]2CN(Cc3ccc(OC[C@H](C)NC(C)C)cc3)C[C@@H]2O)cc(C)c1C. The molecule has 0 aromatic heterocycles. The van der Waals surface area contributed by atoms with Crippen LogP contribution in [0.3, 0.4) is 0 Å². The minimum atomic E-state index is -0.487. The summed E-state index contributed by atoms with van der Waals surface area (Å²) in [6, 6.07) is 13.1. The molecule has 3 rings (SSSR count). The number of aryl methyl sites for hydroxylation is 2. The van der Waals surface area contributed by atoms with Gasteiger partial charge in [-0.1, -0.05) is 26.0 Å². The lowest BCUT2D eigenvalue weighted by atomic mass is 10.0. The third-order valence-electron chi connectivity index (χ3n) is 5.95. The Morgan fingerprint density at radius 3 is 2.26 bits per heavy atom. The first-order chi connectivity index (χ1) is 14.7. The van der Waals surface area contributed by atoms with Crippen molar-refractivity contribution < 1.29 is 14.6 Å². The molecule has 0 bridgehead atoms. The molecule has 0 amide bonds. The number of aliphatic hydroxyl groups excluding tert-OH is 1. The number of likely N-dealkylation sites (tertiary alicyclic amines) is 1. The molecule has 0 radical (unpaired) electrons. The lowest BCUT2D eigenvalue weighted by Crippen LogP contribution is -2.36. The van der Waals surface area contributed by atoms with Crippen LogP contribution in [0.2, 0.25) is 0 Å². The van der Waals surface area contributed by atoms with Crippen molar-refractivity contribution in [2.75, 3.05) is 19.7 Å². The quantitative estimate of drug-likeness (QED) is 0.635. The predicted octanol–water partition coefficient (Wildman–Crippen LogP) is 4.00. The van der Waals surface area contributed by atoms with Gasteiger partial charge in [0.15, 0.2) is 0 Å². The highest BCUT2D eigenvalue weighted by Gasteiger charge is 2.33. The van der Waals surface area contributed by atoms with E-state index in [-0.39, 0.29) is 6.10 Å². The van der Waals surface area contributed by atoms with Crippen molar-refractivity contribution >= 4 is 0 Å². The summed E-state index contributed by atoms with van der Waals surface area (Å²) in [5.41, 5.74) is 4.93. The summed E-state index contributed by atoms with van der Waals surface area (Å²) >= 11 is 0. The van der Waals surface area contributed by atoms with Gasteiger partial charge < -0.3 is 19.9 Å².